The molecule has 132 valence electrons. The average molecular weight is 332 g/mol. The van der Waals surface area contributed by atoms with Crippen molar-refractivity contribution >= 4 is 17.5 Å². The van der Waals surface area contributed by atoms with Crippen LogP contribution < -0.4 is 15.5 Å². The van der Waals surface area contributed by atoms with Crippen molar-refractivity contribution in [2.75, 3.05) is 25.5 Å². The van der Waals surface area contributed by atoms with Gasteiger partial charge < -0.3 is 15.5 Å². The van der Waals surface area contributed by atoms with E-state index < -0.39 is 0 Å². The molecular weight excluding hydrogens is 302 g/mol. The number of hydrogen-bond donors (Lipinski definition) is 3. The van der Waals surface area contributed by atoms with Gasteiger partial charge in [0, 0.05) is 11.7 Å². The topological polar surface area (TPSA) is 62.6 Å². The third-order valence-electron chi connectivity index (χ3n) is 4.72. The van der Waals surface area contributed by atoms with E-state index in [9.17, 15) is 9.59 Å². The maximum Gasteiger partial charge on any atom is 0.279 e. The number of carbonyl (C=O) groups is 2. The normalized spacial score (nSPS) is 21.8. The van der Waals surface area contributed by atoms with Crippen LogP contribution in [0.4, 0.5) is 5.69 Å². The Morgan fingerprint density at radius 1 is 1.08 bits per heavy atom. The van der Waals surface area contributed by atoms with Crippen molar-refractivity contribution in [1.82, 2.24) is 5.32 Å². The standard InChI is InChI=1S/C19H29N3O2/c1-14-8-10-16(11-9-14)20-18(23)12-22(3)13-19(24)21-17-7-5-4-6-15(17)2/h8-11,15,17H,4-7,12-13H2,1-3H3,(H,20,23)(H,21,24)/p+1/t15-,17+/m1/s1. The number of likely N-dealkylation sites (N-methyl/N-ethyl adjacent to an activating group) is 1. The van der Waals surface area contributed by atoms with Gasteiger partial charge in [-0.05, 0) is 37.8 Å². The molecule has 2 rings (SSSR count). The highest BCUT2D eigenvalue weighted by molar-refractivity contribution is 5.91. The number of rotatable bonds is 6. The van der Waals surface area contributed by atoms with Gasteiger partial charge in [0.05, 0.1) is 7.05 Å². The zero-order valence-electron chi connectivity index (χ0n) is 15.0. The van der Waals surface area contributed by atoms with Crippen LogP contribution in [0.2, 0.25) is 0 Å². The molecule has 0 bridgehead atoms. The van der Waals surface area contributed by atoms with Crippen molar-refractivity contribution in [3.05, 3.63) is 29.8 Å². The molecule has 0 heterocycles. The Labute approximate surface area is 144 Å². The molecule has 1 aliphatic rings. The minimum absolute atomic E-state index is 0.0365. The predicted molar refractivity (Wildman–Crippen MR) is 96.0 cm³/mol. The molecule has 3 atom stereocenters. The van der Waals surface area contributed by atoms with Gasteiger partial charge in [-0.2, -0.15) is 0 Å². The molecule has 0 spiro atoms. The van der Waals surface area contributed by atoms with E-state index in [2.05, 4.69) is 17.6 Å². The number of amides is 2. The van der Waals surface area contributed by atoms with E-state index in [4.69, 9.17) is 0 Å². The van der Waals surface area contributed by atoms with Crippen LogP contribution in [0.15, 0.2) is 24.3 Å². The fourth-order valence-corrected chi connectivity index (χ4v) is 3.24. The maximum absolute atomic E-state index is 12.2. The van der Waals surface area contributed by atoms with Gasteiger partial charge in [0.25, 0.3) is 11.8 Å². The second kappa shape index (κ2) is 8.83. The van der Waals surface area contributed by atoms with Crippen molar-refractivity contribution in [2.24, 2.45) is 5.92 Å². The molecule has 1 unspecified atom stereocenters. The van der Waals surface area contributed by atoms with Gasteiger partial charge in [-0.25, -0.2) is 0 Å². The van der Waals surface area contributed by atoms with Gasteiger partial charge in [0.15, 0.2) is 13.1 Å². The van der Waals surface area contributed by atoms with Crippen LogP contribution in [0.25, 0.3) is 0 Å². The zero-order chi connectivity index (χ0) is 17.5. The number of hydrogen-bond acceptors (Lipinski definition) is 2. The fourth-order valence-electron chi connectivity index (χ4n) is 3.24. The Balaban J connectivity index is 1.73. The molecule has 1 aliphatic carbocycles. The van der Waals surface area contributed by atoms with E-state index in [0.29, 0.717) is 18.5 Å². The SMILES string of the molecule is Cc1ccc(NC(=O)C[NH+](C)CC(=O)N[C@H]2CCCC[C@H]2C)cc1. The van der Waals surface area contributed by atoms with Gasteiger partial charge in [-0.15, -0.1) is 0 Å². The number of benzene rings is 1. The summed E-state index contributed by atoms with van der Waals surface area (Å²) in [5, 5.41) is 6.01. The second-order valence-electron chi connectivity index (χ2n) is 7.16. The average Bonchev–Trinajstić information content (AvgIpc) is 2.51. The van der Waals surface area contributed by atoms with E-state index in [-0.39, 0.29) is 18.4 Å². The van der Waals surface area contributed by atoms with E-state index in [0.717, 1.165) is 22.6 Å². The highest BCUT2D eigenvalue weighted by atomic mass is 16.2. The first kappa shape index (κ1) is 18.5. The number of aryl methyl sites for hydroxylation is 1. The van der Waals surface area contributed by atoms with Crippen molar-refractivity contribution in [3.63, 3.8) is 0 Å². The molecule has 0 aliphatic heterocycles. The molecule has 1 aromatic carbocycles. The highest BCUT2D eigenvalue weighted by Crippen LogP contribution is 2.23. The Morgan fingerprint density at radius 2 is 1.71 bits per heavy atom. The Bertz CT molecular complexity index is 556. The minimum Gasteiger partial charge on any atom is -0.348 e. The lowest BCUT2D eigenvalue weighted by molar-refractivity contribution is -0.862. The summed E-state index contributed by atoms with van der Waals surface area (Å²) < 4.78 is 0. The summed E-state index contributed by atoms with van der Waals surface area (Å²) in [6, 6.07) is 8.00. The molecule has 1 saturated carbocycles. The van der Waals surface area contributed by atoms with Crippen LogP contribution >= 0.6 is 0 Å². The van der Waals surface area contributed by atoms with Crippen LogP contribution in [0.3, 0.4) is 0 Å². The molecule has 24 heavy (non-hydrogen) atoms. The van der Waals surface area contributed by atoms with E-state index >= 15 is 0 Å². The van der Waals surface area contributed by atoms with Gasteiger partial charge in [-0.1, -0.05) is 37.5 Å². The molecule has 5 heteroatoms. The minimum atomic E-state index is -0.0739. The second-order valence-corrected chi connectivity index (χ2v) is 7.16. The molecule has 0 aromatic heterocycles. The molecule has 3 N–H and O–H groups in total. The lowest BCUT2D eigenvalue weighted by Crippen LogP contribution is -3.11. The first-order valence-corrected chi connectivity index (χ1v) is 8.91. The predicted octanol–water partition coefficient (Wildman–Crippen LogP) is 1.14. The van der Waals surface area contributed by atoms with Crippen LogP contribution in [0, 0.1) is 12.8 Å². The molecule has 5 nitrogen and oxygen atoms in total. The first-order valence-electron chi connectivity index (χ1n) is 8.91. The molecular formula is C19H30N3O2+. The third kappa shape index (κ3) is 5.96. The summed E-state index contributed by atoms with van der Waals surface area (Å²) in [5.41, 5.74) is 1.95. The molecule has 0 saturated heterocycles. The monoisotopic (exact) mass is 332 g/mol. The summed E-state index contributed by atoms with van der Waals surface area (Å²) in [5.74, 6) is 0.511. The third-order valence-corrected chi connectivity index (χ3v) is 4.72. The Morgan fingerprint density at radius 3 is 2.38 bits per heavy atom. The largest absolute Gasteiger partial charge is 0.348 e. The summed E-state index contributed by atoms with van der Waals surface area (Å²) in [6.45, 7) is 4.82. The number of carbonyl (C=O) groups excluding carboxylic acids is 2. The zero-order valence-corrected chi connectivity index (χ0v) is 15.0. The summed E-state index contributed by atoms with van der Waals surface area (Å²) in [7, 11) is 1.87. The van der Waals surface area contributed by atoms with E-state index in [1.54, 1.807) is 0 Å². The Kier molecular flexibility index (Phi) is 6.79. The van der Waals surface area contributed by atoms with Crippen molar-refractivity contribution in [3.8, 4) is 0 Å². The van der Waals surface area contributed by atoms with Crippen LogP contribution in [0.1, 0.15) is 38.2 Å². The molecule has 1 aromatic rings. The first-order chi connectivity index (χ1) is 11.4. The van der Waals surface area contributed by atoms with Gasteiger partial charge in [0.2, 0.25) is 0 Å². The van der Waals surface area contributed by atoms with Crippen molar-refractivity contribution < 1.29 is 14.5 Å². The van der Waals surface area contributed by atoms with Gasteiger partial charge in [0.1, 0.15) is 0 Å². The van der Waals surface area contributed by atoms with Crippen LogP contribution in [0.5, 0.6) is 0 Å². The molecule has 0 radical (unpaired) electrons. The molecule has 1 fully saturated rings. The van der Waals surface area contributed by atoms with Crippen LogP contribution in [-0.2, 0) is 9.59 Å². The van der Waals surface area contributed by atoms with Crippen LogP contribution in [-0.4, -0.2) is 38.0 Å². The van der Waals surface area contributed by atoms with Crippen molar-refractivity contribution in [2.45, 2.75) is 45.6 Å². The lowest BCUT2D eigenvalue weighted by Gasteiger charge is -2.29. The summed E-state index contributed by atoms with van der Waals surface area (Å²) in [4.78, 5) is 25.1. The van der Waals surface area contributed by atoms with Gasteiger partial charge >= 0.3 is 0 Å². The summed E-state index contributed by atoms with van der Waals surface area (Å²) in [6.07, 6.45) is 4.71. The number of anilines is 1. The highest BCUT2D eigenvalue weighted by Gasteiger charge is 2.24. The molecule has 2 amide bonds. The number of nitrogens with one attached hydrogen (secondary N) is 3. The summed E-state index contributed by atoms with van der Waals surface area (Å²) >= 11 is 0. The maximum atomic E-state index is 12.2. The number of quaternary nitrogens is 1. The van der Waals surface area contributed by atoms with Crippen molar-refractivity contribution in [1.29, 1.82) is 0 Å². The van der Waals surface area contributed by atoms with Gasteiger partial charge in [-0.3, -0.25) is 9.59 Å². The quantitative estimate of drug-likeness (QED) is 0.732. The Hall–Kier alpha value is -1.88. The fraction of sp³-hybridized carbons (Fsp3) is 0.579. The van der Waals surface area contributed by atoms with E-state index in [1.165, 1.54) is 19.3 Å². The lowest BCUT2D eigenvalue weighted by atomic mass is 9.86. The van der Waals surface area contributed by atoms with E-state index in [1.807, 2.05) is 38.2 Å². The smallest absolute Gasteiger partial charge is 0.279 e.